The smallest absolute Gasteiger partial charge is 0.150 e. The molecule has 0 aliphatic carbocycles. The van der Waals surface area contributed by atoms with Gasteiger partial charge in [0.05, 0.1) is 19.3 Å². The van der Waals surface area contributed by atoms with Gasteiger partial charge in [-0.05, 0) is 49.3 Å². The van der Waals surface area contributed by atoms with Crippen LogP contribution in [-0.2, 0) is 6.54 Å². The summed E-state index contributed by atoms with van der Waals surface area (Å²) in [7, 11) is 1.71. The number of thioether (sulfide) groups is 1. The normalized spacial score (nSPS) is 18.1. The van der Waals surface area contributed by atoms with E-state index in [-0.39, 0.29) is 0 Å². The van der Waals surface area contributed by atoms with Crippen LogP contribution in [0.2, 0.25) is 0 Å². The van der Waals surface area contributed by atoms with Crippen molar-refractivity contribution >= 4 is 11.8 Å². The van der Waals surface area contributed by atoms with Gasteiger partial charge >= 0.3 is 0 Å². The van der Waals surface area contributed by atoms with Gasteiger partial charge in [-0.1, -0.05) is 5.16 Å². The van der Waals surface area contributed by atoms with Gasteiger partial charge in [-0.15, -0.1) is 11.8 Å². The molecule has 112 valence electrons. The van der Waals surface area contributed by atoms with Crippen LogP contribution in [0.1, 0.15) is 35.9 Å². The van der Waals surface area contributed by atoms with Crippen LogP contribution in [0.3, 0.4) is 0 Å². The number of hydrogen-bond acceptors (Lipinski definition) is 5. The summed E-state index contributed by atoms with van der Waals surface area (Å²) in [6, 6.07) is 8.66. The van der Waals surface area contributed by atoms with Crippen LogP contribution < -0.4 is 10.1 Å². The first-order valence-corrected chi connectivity index (χ1v) is 8.21. The number of aryl methyl sites for hydroxylation is 1. The molecule has 0 spiro atoms. The Balaban J connectivity index is 1.78. The summed E-state index contributed by atoms with van der Waals surface area (Å²) < 4.78 is 10.6. The van der Waals surface area contributed by atoms with E-state index in [2.05, 4.69) is 22.6 Å². The minimum absolute atomic E-state index is 0.329. The maximum atomic E-state index is 5.37. The second-order valence-corrected chi connectivity index (χ2v) is 6.40. The highest BCUT2D eigenvalue weighted by molar-refractivity contribution is 7.99. The van der Waals surface area contributed by atoms with Crippen LogP contribution in [0, 0.1) is 6.92 Å². The molecule has 1 aromatic heterocycles. The van der Waals surface area contributed by atoms with E-state index >= 15 is 0 Å². The zero-order valence-corrected chi connectivity index (χ0v) is 13.2. The number of rotatable bonds is 4. The number of ether oxygens (including phenoxy) is 1. The Kier molecular flexibility index (Phi) is 4.51. The van der Waals surface area contributed by atoms with E-state index in [1.807, 2.05) is 30.8 Å². The summed E-state index contributed by atoms with van der Waals surface area (Å²) in [4.78, 5) is 1.35. The summed E-state index contributed by atoms with van der Waals surface area (Å²) in [6.07, 6.45) is 2.33. The van der Waals surface area contributed by atoms with Crippen molar-refractivity contribution in [3.63, 3.8) is 0 Å². The van der Waals surface area contributed by atoms with E-state index in [1.165, 1.54) is 22.6 Å². The average molecular weight is 304 g/mol. The SMILES string of the molecule is COc1ccc2c(c1)[C@@H](NCc1cc(C)no1)CCCS2. The molecule has 2 heterocycles. The molecule has 2 aromatic rings. The number of aromatic nitrogens is 1. The van der Waals surface area contributed by atoms with Crippen LogP contribution in [0.15, 0.2) is 33.7 Å². The lowest BCUT2D eigenvalue weighted by molar-refractivity contribution is 0.356. The minimum Gasteiger partial charge on any atom is -0.497 e. The van der Waals surface area contributed by atoms with Crippen molar-refractivity contribution in [2.75, 3.05) is 12.9 Å². The van der Waals surface area contributed by atoms with E-state index in [0.29, 0.717) is 12.6 Å². The predicted octanol–water partition coefficient (Wildman–Crippen LogP) is 3.71. The maximum absolute atomic E-state index is 5.37. The molecule has 0 radical (unpaired) electrons. The van der Waals surface area contributed by atoms with Crippen LogP contribution in [0.4, 0.5) is 0 Å². The molecule has 0 fully saturated rings. The van der Waals surface area contributed by atoms with E-state index in [1.54, 1.807) is 7.11 Å². The van der Waals surface area contributed by atoms with Gasteiger partial charge in [-0.25, -0.2) is 0 Å². The second-order valence-electron chi connectivity index (χ2n) is 5.26. The summed E-state index contributed by atoms with van der Waals surface area (Å²) in [5.41, 5.74) is 2.25. The highest BCUT2D eigenvalue weighted by Crippen LogP contribution is 2.36. The van der Waals surface area contributed by atoms with E-state index in [0.717, 1.165) is 23.6 Å². The third-order valence-corrected chi connectivity index (χ3v) is 4.86. The second kappa shape index (κ2) is 6.54. The quantitative estimate of drug-likeness (QED) is 0.933. The van der Waals surface area contributed by atoms with Crippen LogP contribution in [-0.4, -0.2) is 18.0 Å². The Morgan fingerprint density at radius 1 is 1.43 bits per heavy atom. The number of fused-ring (bicyclic) bond motifs is 1. The zero-order valence-electron chi connectivity index (χ0n) is 12.4. The van der Waals surface area contributed by atoms with Crippen molar-refractivity contribution in [1.82, 2.24) is 10.5 Å². The fourth-order valence-corrected chi connectivity index (χ4v) is 3.68. The van der Waals surface area contributed by atoms with Crippen LogP contribution >= 0.6 is 11.8 Å². The number of nitrogens with zero attached hydrogens (tertiary/aromatic N) is 1. The Labute approximate surface area is 129 Å². The van der Waals surface area contributed by atoms with E-state index < -0.39 is 0 Å². The van der Waals surface area contributed by atoms with Crippen molar-refractivity contribution < 1.29 is 9.26 Å². The maximum Gasteiger partial charge on any atom is 0.150 e. The lowest BCUT2D eigenvalue weighted by Gasteiger charge is -2.19. The summed E-state index contributed by atoms with van der Waals surface area (Å²) in [5.74, 6) is 2.96. The summed E-state index contributed by atoms with van der Waals surface area (Å²) in [6.45, 7) is 2.64. The predicted molar refractivity (Wildman–Crippen MR) is 83.8 cm³/mol. The van der Waals surface area contributed by atoms with E-state index in [4.69, 9.17) is 9.26 Å². The fourth-order valence-electron chi connectivity index (χ4n) is 2.62. The zero-order chi connectivity index (χ0) is 14.7. The average Bonchev–Trinajstić information content (AvgIpc) is 2.81. The highest BCUT2D eigenvalue weighted by atomic mass is 32.2. The Hall–Kier alpha value is -1.46. The van der Waals surface area contributed by atoms with E-state index in [9.17, 15) is 0 Å². The molecule has 1 aromatic carbocycles. The van der Waals surface area contributed by atoms with Gasteiger partial charge in [0.2, 0.25) is 0 Å². The number of hydrogen-bond donors (Lipinski definition) is 1. The standard InChI is InChI=1S/C16H20N2O2S/c1-11-8-13(20-18-11)10-17-15-4-3-7-21-16-6-5-12(19-2)9-14(15)16/h5-6,8-9,15,17H,3-4,7,10H2,1-2H3/t15-/m0/s1. The minimum atomic E-state index is 0.329. The third kappa shape index (κ3) is 3.41. The van der Waals surface area contributed by atoms with Gasteiger partial charge in [0.25, 0.3) is 0 Å². The summed E-state index contributed by atoms with van der Waals surface area (Å²) >= 11 is 1.93. The Morgan fingerprint density at radius 3 is 3.10 bits per heavy atom. The molecule has 1 aliphatic heterocycles. The molecule has 5 heteroatoms. The lowest BCUT2D eigenvalue weighted by atomic mass is 10.0. The molecule has 1 atom stereocenters. The molecule has 4 nitrogen and oxygen atoms in total. The van der Waals surface area contributed by atoms with Gasteiger partial charge < -0.3 is 14.6 Å². The molecule has 0 saturated carbocycles. The van der Waals surface area contributed by atoms with Crippen molar-refractivity contribution in [3.8, 4) is 5.75 Å². The summed E-state index contributed by atoms with van der Waals surface area (Å²) in [5, 5.41) is 7.53. The lowest BCUT2D eigenvalue weighted by Crippen LogP contribution is -2.20. The molecule has 0 saturated heterocycles. The van der Waals surface area contributed by atoms with Crippen molar-refractivity contribution in [1.29, 1.82) is 0 Å². The molecule has 3 rings (SSSR count). The molecule has 0 unspecified atom stereocenters. The van der Waals surface area contributed by atoms with Crippen molar-refractivity contribution in [2.45, 2.75) is 37.2 Å². The number of nitrogens with one attached hydrogen (secondary N) is 1. The third-order valence-electron chi connectivity index (χ3n) is 3.69. The molecule has 0 amide bonds. The fraction of sp³-hybridized carbons (Fsp3) is 0.438. The van der Waals surface area contributed by atoms with Gasteiger partial charge in [0.15, 0.2) is 5.76 Å². The van der Waals surface area contributed by atoms with Gasteiger partial charge in [-0.2, -0.15) is 0 Å². The Bertz CT molecular complexity index is 612. The largest absolute Gasteiger partial charge is 0.497 e. The molecule has 0 bridgehead atoms. The van der Waals surface area contributed by atoms with Crippen LogP contribution in [0.25, 0.3) is 0 Å². The number of methoxy groups -OCH3 is 1. The van der Waals surface area contributed by atoms with Gasteiger partial charge in [0, 0.05) is 17.0 Å². The van der Waals surface area contributed by atoms with Crippen LogP contribution in [0.5, 0.6) is 5.75 Å². The first-order chi connectivity index (χ1) is 10.3. The van der Waals surface area contributed by atoms with Gasteiger partial charge in [0.1, 0.15) is 5.75 Å². The number of benzene rings is 1. The Morgan fingerprint density at radius 2 is 2.33 bits per heavy atom. The molecule has 1 N–H and O–H groups in total. The molecular formula is C16H20N2O2S. The monoisotopic (exact) mass is 304 g/mol. The first kappa shape index (κ1) is 14.5. The molecular weight excluding hydrogens is 284 g/mol. The molecule has 1 aliphatic rings. The topological polar surface area (TPSA) is 47.3 Å². The highest BCUT2D eigenvalue weighted by Gasteiger charge is 2.20. The molecule has 21 heavy (non-hydrogen) atoms. The van der Waals surface area contributed by atoms with Crippen molar-refractivity contribution in [3.05, 3.63) is 41.3 Å². The van der Waals surface area contributed by atoms with Gasteiger partial charge in [-0.3, -0.25) is 0 Å². The first-order valence-electron chi connectivity index (χ1n) is 7.22. The van der Waals surface area contributed by atoms with Crippen molar-refractivity contribution in [2.24, 2.45) is 0 Å².